The lowest BCUT2D eigenvalue weighted by atomic mass is 10.3. The minimum atomic E-state index is -0.799. The molecule has 1 heterocycles. The maximum absolute atomic E-state index is 12.8. The van der Waals surface area contributed by atoms with Crippen LogP contribution in [-0.4, -0.2) is 41.4 Å². The maximum atomic E-state index is 12.8. The molecule has 1 aromatic carbocycles. The average Bonchev–Trinajstić information content (AvgIpc) is 3.24. The van der Waals surface area contributed by atoms with Gasteiger partial charge in [0.25, 0.3) is 5.91 Å². The molecule has 2 aromatic rings. The smallest absolute Gasteiger partial charge is 0.321 e. The van der Waals surface area contributed by atoms with Crippen molar-refractivity contribution in [3.63, 3.8) is 0 Å². The number of rotatable bonds is 9. The molecule has 0 radical (unpaired) electrons. The monoisotopic (exact) mass is 437 g/mol. The van der Waals surface area contributed by atoms with Gasteiger partial charge in [0.1, 0.15) is 16.8 Å². The second kappa shape index (κ2) is 11.6. The number of imide groups is 1. The number of furan rings is 1. The summed E-state index contributed by atoms with van der Waals surface area (Å²) in [6.45, 7) is 0.978. The van der Waals surface area contributed by atoms with Crippen molar-refractivity contribution in [2.24, 2.45) is 0 Å². The molecule has 0 bridgehead atoms. The molecule has 2 rings (SSSR count). The standard InChI is InChI=1S/C19H20FN3O6S/c1-12(30-11-17(25)22-14-6-4-13(20)5-7-14)18(26)29-10-16(24)23-19(27)21-9-15-3-2-8-28-15/h2-8,12H,9-11H2,1H3,(H,22,25)(H2,21,23,24,27). The SMILES string of the molecule is CC(SCC(=O)Nc1ccc(F)cc1)C(=O)OCC(=O)NC(=O)NCc1ccco1. The van der Waals surface area contributed by atoms with Crippen LogP contribution in [0.4, 0.5) is 14.9 Å². The van der Waals surface area contributed by atoms with Crippen molar-refractivity contribution >= 4 is 41.3 Å². The van der Waals surface area contributed by atoms with Gasteiger partial charge in [0.15, 0.2) is 6.61 Å². The van der Waals surface area contributed by atoms with Gasteiger partial charge in [-0.1, -0.05) is 0 Å². The number of ether oxygens (including phenoxy) is 1. The third-order valence-electron chi connectivity index (χ3n) is 3.53. The van der Waals surface area contributed by atoms with Crippen LogP contribution in [0.2, 0.25) is 0 Å². The van der Waals surface area contributed by atoms with Gasteiger partial charge in [0.05, 0.1) is 18.6 Å². The first-order valence-corrected chi connectivity index (χ1v) is 9.82. The van der Waals surface area contributed by atoms with Gasteiger partial charge in [-0.05, 0) is 43.3 Å². The molecule has 0 aliphatic rings. The van der Waals surface area contributed by atoms with E-state index in [-0.39, 0.29) is 18.2 Å². The Morgan fingerprint density at radius 1 is 1.13 bits per heavy atom. The van der Waals surface area contributed by atoms with E-state index in [1.165, 1.54) is 37.5 Å². The Morgan fingerprint density at radius 2 is 1.87 bits per heavy atom. The fraction of sp³-hybridized carbons (Fsp3) is 0.263. The molecular formula is C19H20FN3O6S. The number of amides is 4. The largest absolute Gasteiger partial charge is 0.467 e. The van der Waals surface area contributed by atoms with E-state index in [4.69, 9.17) is 9.15 Å². The predicted octanol–water partition coefficient (Wildman–Crippen LogP) is 2.05. The fourth-order valence-electron chi connectivity index (χ4n) is 2.04. The van der Waals surface area contributed by atoms with Crippen molar-refractivity contribution in [1.82, 2.24) is 10.6 Å². The van der Waals surface area contributed by atoms with Crippen molar-refractivity contribution in [3.8, 4) is 0 Å². The molecule has 0 spiro atoms. The Labute approximate surface area is 175 Å². The van der Waals surface area contributed by atoms with Crippen LogP contribution in [0.5, 0.6) is 0 Å². The molecule has 0 saturated heterocycles. The molecule has 0 aliphatic carbocycles. The first-order chi connectivity index (χ1) is 14.3. The van der Waals surface area contributed by atoms with Crippen molar-refractivity contribution < 1.29 is 32.7 Å². The zero-order valence-corrected chi connectivity index (χ0v) is 16.8. The lowest BCUT2D eigenvalue weighted by Crippen LogP contribution is -2.41. The quantitative estimate of drug-likeness (QED) is 0.513. The van der Waals surface area contributed by atoms with Crippen LogP contribution < -0.4 is 16.0 Å². The summed E-state index contributed by atoms with van der Waals surface area (Å²) in [4.78, 5) is 47.0. The Balaban J connectivity index is 1.62. The van der Waals surface area contributed by atoms with Gasteiger partial charge in [0, 0.05) is 5.69 Å². The number of anilines is 1. The van der Waals surface area contributed by atoms with E-state index in [0.29, 0.717) is 11.4 Å². The normalized spacial score (nSPS) is 11.3. The summed E-state index contributed by atoms with van der Waals surface area (Å²) in [7, 11) is 0. The molecule has 0 saturated carbocycles. The summed E-state index contributed by atoms with van der Waals surface area (Å²) in [5.74, 6) is -1.84. The molecule has 0 aliphatic heterocycles. The van der Waals surface area contributed by atoms with Crippen LogP contribution in [0.25, 0.3) is 0 Å². The molecular weight excluding hydrogens is 417 g/mol. The number of esters is 1. The van der Waals surface area contributed by atoms with Gasteiger partial charge < -0.3 is 19.8 Å². The lowest BCUT2D eigenvalue weighted by molar-refractivity contribution is -0.147. The summed E-state index contributed by atoms with van der Waals surface area (Å²) in [6, 6.07) is 7.81. The highest BCUT2D eigenvalue weighted by molar-refractivity contribution is 8.01. The van der Waals surface area contributed by atoms with Gasteiger partial charge in [0.2, 0.25) is 5.91 Å². The van der Waals surface area contributed by atoms with E-state index in [1.54, 1.807) is 12.1 Å². The number of carbonyl (C=O) groups excluding carboxylic acids is 4. The third-order valence-corrected chi connectivity index (χ3v) is 4.65. The first kappa shape index (κ1) is 22.9. The molecule has 1 aromatic heterocycles. The molecule has 3 N–H and O–H groups in total. The number of hydrogen-bond donors (Lipinski definition) is 3. The minimum absolute atomic E-state index is 0.0466. The number of benzene rings is 1. The van der Waals surface area contributed by atoms with Crippen molar-refractivity contribution in [2.75, 3.05) is 17.7 Å². The van der Waals surface area contributed by atoms with Crippen molar-refractivity contribution in [1.29, 1.82) is 0 Å². The van der Waals surface area contributed by atoms with Gasteiger partial charge in [-0.15, -0.1) is 11.8 Å². The van der Waals surface area contributed by atoms with Crippen LogP contribution in [0.15, 0.2) is 47.1 Å². The lowest BCUT2D eigenvalue weighted by Gasteiger charge is -2.11. The van der Waals surface area contributed by atoms with Gasteiger partial charge in [-0.3, -0.25) is 19.7 Å². The Bertz CT molecular complexity index is 873. The second-order valence-electron chi connectivity index (χ2n) is 5.93. The van der Waals surface area contributed by atoms with Crippen molar-refractivity contribution in [3.05, 3.63) is 54.2 Å². The Morgan fingerprint density at radius 3 is 2.53 bits per heavy atom. The van der Waals surface area contributed by atoms with Crippen molar-refractivity contribution in [2.45, 2.75) is 18.7 Å². The van der Waals surface area contributed by atoms with Gasteiger partial charge in [-0.2, -0.15) is 0 Å². The predicted molar refractivity (Wildman–Crippen MR) is 107 cm³/mol. The van der Waals surface area contributed by atoms with E-state index in [2.05, 4.69) is 10.6 Å². The first-order valence-electron chi connectivity index (χ1n) is 8.77. The third kappa shape index (κ3) is 8.35. The number of nitrogens with one attached hydrogen (secondary N) is 3. The Hall–Kier alpha value is -3.34. The number of halogens is 1. The van der Waals surface area contributed by atoms with Crippen LogP contribution in [0.3, 0.4) is 0 Å². The van der Waals surface area contributed by atoms with Gasteiger partial charge >= 0.3 is 12.0 Å². The number of thioether (sulfide) groups is 1. The molecule has 0 fully saturated rings. The minimum Gasteiger partial charge on any atom is -0.467 e. The molecule has 11 heteroatoms. The number of carbonyl (C=O) groups is 4. The highest BCUT2D eigenvalue weighted by Crippen LogP contribution is 2.14. The van der Waals surface area contributed by atoms with E-state index in [9.17, 15) is 23.6 Å². The van der Waals surface area contributed by atoms with E-state index in [1.807, 2.05) is 5.32 Å². The zero-order chi connectivity index (χ0) is 21.9. The summed E-state index contributed by atoms with van der Waals surface area (Å²) in [5, 5.41) is 6.27. The maximum Gasteiger partial charge on any atom is 0.321 e. The van der Waals surface area contributed by atoms with E-state index in [0.717, 1.165) is 11.8 Å². The molecule has 1 unspecified atom stereocenters. The van der Waals surface area contributed by atoms with Crippen LogP contribution in [-0.2, 0) is 25.7 Å². The Kier molecular flexibility index (Phi) is 8.88. The van der Waals surface area contributed by atoms with E-state index < -0.39 is 35.6 Å². The summed E-state index contributed by atoms with van der Waals surface area (Å²) < 4.78 is 22.7. The fourth-order valence-corrected chi connectivity index (χ4v) is 2.72. The highest BCUT2D eigenvalue weighted by Gasteiger charge is 2.19. The molecule has 30 heavy (non-hydrogen) atoms. The number of urea groups is 1. The topological polar surface area (TPSA) is 127 Å². The second-order valence-corrected chi connectivity index (χ2v) is 7.26. The molecule has 9 nitrogen and oxygen atoms in total. The summed E-state index contributed by atoms with van der Waals surface area (Å²) in [5.41, 5.74) is 0.430. The summed E-state index contributed by atoms with van der Waals surface area (Å²) >= 11 is 1.01. The number of hydrogen-bond acceptors (Lipinski definition) is 7. The average molecular weight is 437 g/mol. The summed E-state index contributed by atoms with van der Waals surface area (Å²) in [6.07, 6.45) is 1.45. The molecule has 1 atom stereocenters. The highest BCUT2D eigenvalue weighted by atomic mass is 32.2. The molecule has 160 valence electrons. The van der Waals surface area contributed by atoms with Crippen LogP contribution in [0.1, 0.15) is 12.7 Å². The van der Waals surface area contributed by atoms with E-state index >= 15 is 0 Å². The molecule has 4 amide bonds. The van der Waals surface area contributed by atoms with Crippen LogP contribution in [0, 0.1) is 5.82 Å². The van der Waals surface area contributed by atoms with Gasteiger partial charge in [-0.25, -0.2) is 9.18 Å². The van der Waals surface area contributed by atoms with Crippen LogP contribution >= 0.6 is 11.8 Å². The zero-order valence-electron chi connectivity index (χ0n) is 16.0.